The van der Waals surface area contributed by atoms with E-state index in [1.165, 1.54) is 0 Å². The summed E-state index contributed by atoms with van der Waals surface area (Å²) < 4.78 is 4.68. The molecule has 0 N–H and O–H groups in total. The fourth-order valence-corrected chi connectivity index (χ4v) is 3.65. The molecule has 4 unspecified atom stereocenters. The highest BCUT2D eigenvalue weighted by Gasteiger charge is 2.62. The van der Waals surface area contributed by atoms with E-state index in [-0.39, 0.29) is 23.8 Å². The quantitative estimate of drug-likeness (QED) is 0.412. The maximum atomic E-state index is 11.4. The van der Waals surface area contributed by atoms with Crippen molar-refractivity contribution in [3.8, 4) is 0 Å². The minimum Gasteiger partial charge on any atom is -0.393 e. The van der Waals surface area contributed by atoms with Crippen LogP contribution in [0, 0.1) is 29.6 Å². The zero-order valence-corrected chi connectivity index (χ0v) is 7.53. The number of esters is 2. The maximum Gasteiger partial charge on any atom is 0.317 e. The summed E-state index contributed by atoms with van der Waals surface area (Å²) in [5.41, 5.74) is 0. The Morgan fingerprint density at radius 2 is 1.54 bits per heavy atom. The number of carbonyl (C=O) groups excluding carboxylic acids is 2. The molecule has 0 amide bonds. The van der Waals surface area contributed by atoms with Crippen LogP contribution in [0.2, 0.25) is 0 Å². The van der Waals surface area contributed by atoms with Crippen LogP contribution in [0.5, 0.6) is 0 Å². The Morgan fingerprint density at radius 3 is 2.00 bits per heavy atom. The largest absolute Gasteiger partial charge is 0.393 e. The molecule has 0 aromatic heterocycles. The molecule has 3 aliphatic rings. The van der Waals surface area contributed by atoms with Gasteiger partial charge in [0.1, 0.15) is 0 Å². The van der Waals surface area contributed by atoms with Crippen molar-refractivity contribution in [2.24, 2.45) is 29.6 Å². The van der Waals surface area contributed by atoms with Crippen LogP contribution in [0.4, 0.5) is 0 Å². The van der Waals surface area contributed by atoms with Crippen molar-refractivity contribution >= 4 is 11.9 Å². The Kier molecular flexibility index (Phi) is 1.24. The van der Waals surface area contributed by atoms with Crippen LogP contribution < -0.4 is 0 Å². The Labute approximate surface area is 76.4 Å². The van der Waals surface area contributed by atoms with Crippen molar-refractivity contribution in [3.05, 3.63) is 0 Å². The number of ether oxygens (including phenoxy) is 1. The van der Waals surface area contributed by atoms with Gasteiger partial charge in [0.05, 0.1) is 11.8 Å². The molecule has 2 aliphatic carbocycles. The van der Waals surface area contributed by atoms with E-state index in [1.54, 1.807) is 0 Å². The standard InChI is InChI=1S/C10H12O3/c1-4-5-2-3-6(4)8-7(5)9(11)13-10(8)12/h4-8H,2-3H2,1H3. The average molecular weight is 180 g/mol. The lowest BCUT2D eigenvalue weighted by Crippen LogP contribution is -2.24. The van der Waals surface area contributed by atoms with Gasteiger partial charge in [0, 0.05) is 0 Å². The molecule has 4 atom stereocenters. The third-order valence-electron chi connectivity index (χ3n) is 4.24. The molecular formula is C10H12O3. The van der Waals surface area contributed by atoms with Gasteiger partial charge in [0.2, 0.25) is 0 Å². The van der Waals surface area contributed by atoms with Crippen LogP contribution in [-0.4, -0.2) is 11.9 Å². The molecule has 0 spiro atoms. The van der Waals surface area contributed by atoms with Gasteiger partial charge in [-0.2, -0.15) is 0 Å². The Balaban J connectivity index is 2.04. The second-order valence-corrected chi connectivity index (χ2v) is 4.56. The molecule has 0 radical (unpaired) electrons. The van der Waals surface area contributed by atoms with Crippen LogP contribution >= 0.6 is 0 Å². The normalized spacial score (nSPS) is 52.5. The lowest BCUT2D eigenvalue weighted by atomic mass is 9.81. The lowest BCUT2D eigenvalue weighted by Gasteiger charge is -2.17. The molecule has 3 nitrogen and oxygen atoms in total. The zero-order valence-electron chi connectivity index (χ0n) is 7.53. The van der Waals surface area contributed by atoms with E-state index in [2.05, 4.69) is 11.7 Å². The van der Waals surface area contributed by atoms with Gasteiger partial charge in [-0.05, 0) is 30.6 Å². The molecule has 13 heavy (non-hydrogen) atoms. The molecule has 1 saturated heterocycles. The lowest BCUT2D eigenvalue weighted by molar-refractivity contribution is -0.155. The van der Waals surface area contributed by atoms with Crippen molar-refractivity contribution in [3.63, 3.8) is 0 Å². The van der Waals surface area contributed by atoms with Crippen LogP contribution in [0.1, 0.15) is 19.8 Å². The minimum absolute atomic E-state index is 0.0822. The van der Waals surface area contributed by atoms with Gasteiger partial charge < -0.3 is 4.74 Å². The Morgan fingerprint density at radius 1 is 1.08 bits per heavy atom. The van der Waals surface area contributed by atoms with E-state index in [0.29, 0.717) is 17.8 Å². The molecule has 2 bridgehead atoms. The van der Waals surface area contributed by atoms with Gasteiger partial charge in [-0.25, -0.2) is 0 Å². The van der Waals surface area contributed by atoms with Crippen LogP contribution in [0.3, 0.4) is 0 Å². The van der Waals surface area contributed by atoms with E-state index >= 15 is 0 Å². The van der Waals surface area contributed by atoms with Crippen LogP contribution in [0.25, 0.3) is 0 Å². The van der Waals surface area contributed by atoms with E-state index in [9.17, 15) is 9.59 Å². The van der Waals surface area contributed by atoms with Crippen molar-refractivity contribution in [2.75, 3.05) is 0 Å². The fraction of sp³-hybridized carbons (Fsp3) is 0.800. The summed E-state index contributed by atoms with van der Waals surface area (Å²) in [6, 6.07) is 0. The number of fused-ring (bicyclic) bond motifs is 5. The maximum absolute atomic E-state index is 11.4. The van der Waals surface area contributed by atoms with Crippen molar-refractivity contribution in [1.29, 1.82) is 0 Å². The van der Waals surface area contributed by atoms with Gasteiger partial charge in [0.25, 0.3) is 0 Å². The van der Waals surface area contributed by atoms with Crippen molar-refractivity contribution < 1.29 is 14.3 Å². The van der Waals surface area contributed by atoms with E-state index in [0.717, 1.165) is 12.8 Å². The number of cyclic esters (lactones) is 2. The van der Waals surface area contributed by atoms with Crippen molar-refractivity contribution in [1.82, 2.24) is 0 Å². The molecule has 3 heteroatoms. The molecule has 3 rings (SSSR count). The van der Waals surface area contributed by atoms with E-state index in [1.807, 2.05) is 0 Å². The van der Waals surface area contributed by atoms with Crippen molar-refractivity contribution in [2.45, 2.75) is 19.8 Å². The first-order valence-electron chi connectivity index (χ1n) is 4.95. The monoisotopic (exact) mass is 180 g/mol. The number of rotatable bonds is 0. The third kappa shape index (κ3) is 0.713. The van der Waals surface area contributed by atoms with Gasteiger partial charge in [-0.15, -0.1) is 0 Å². The summed E-state index contributed by atoms with van der Waals surface area (Å²) in [7, 11) is 0. The summed E-state index contributed by atoms with van der Waals surface area (Å²) >= 11 is 0. The van der Waals surface area contributed by atoms with Crippen LogP contribution in [0.15, 0.2) is 0 Å². The highest BCUT2D eigenvalue weighted by Crippen LogP contribution is 2.58. The topological polar surface area (TPSA) is 43.4 Å². The third-order valence-corrected chi connectivity index (χ3v) is 4.24. The molecule has 2 saturated carbocycles. The highest BCUT2D eigenvalue weighted by atomic mass is 16.6. The SMILES string of the molecule is CC1C2CCC1C1C(=O)OC(=O)C21. The summed E-state index contributed by atoms with van der Waals surface area (Å²) in [4.78, 5) is 22.7. The summed E-state index contributed by atoms with van der Waals surface area (Å²) in [6.07, 6.45) is 2.21. The predicted molar refractivity (Wildman–Crippen MR) is 43.5 cm³/mol. The second-order valence-electron chi connectivity index (χ2n) is 4.56. The molecular weight excluding hydrogens is 168 g/mol. The summed E-state index contributed by atoms with van der Waals surface area (Å²) in [6.45, 7) is 2.17. The molecule has 0 aromatic carbocycles. The summed E-state index contributed by atoms with van der Waals surface area (Å²) in [5.74, 6) is 0.722. The zero-order chi connectivity index (χ0) is 9.16. The molecule has 0 aromatic rings. The molecule has 1 aliphatic heterocycles. The average Bonchev–Trinajstić information content (AvgIpc) is 2.67. The Bertz CT molecular complexity index is 269. The predicted octanol–water partition coefficient (Wildman–Crippen LogP) is 0.978. The first kappa shape index (κ1) is 7.54. The van der Waals surface area contributed by atoms with Gasteiger partial charge in [0.15, 0.2) is 0 Å². The van der Waals surface area contributed by atoms with E-state index in [4.69, 9.17) is 0 Å². The minimum atomic E-state index is -0.256. The number of carbonyl (C=O) groups is 2. The molecule has 1 heterocycles. The highest BCUT2D eigenvalue weighted by molar-refractivity contribution is 5.97. The van der Waals surface area contributed by atoms with Gasteiger partial charge in [-0.1, -0.05) is 6.92 Å². The fourth-order valence-electron chi connectivity index (χ4n) is 3.65. The first-order chi connectivity index (χ1) is 6.20. The smallest absolute Gasteiger partial charge is 0.317 e. The van der Waals surface area contributed by atoms with Gasteiger partial charge in [-0.3, -0.25) is 9.59 Å². The second kappa shape index (κ2) is 2.14. The first-order valence-corrected chi connectivity index (χ1v) is 4.95. The number of hydrogen-bond donors (Lipinski definition) is 0. The number of hydrogen-bond acceptors (Lipinski definition) is 3. The Hall–Kier alpha value is -0.860. The van der Waals surface area contributed by atoms with E-state index < -0.39 is 0 Å². The van der Waals surface area contributed by atoms with Crippen LogP contribution in [-0.2, 0) is 14.3 Å². The van der Waals surface area contributed by atoms with Gasteiger partial charge >= 0.3 is 11.9 Å². The summed E-state index contributed by atoms with van der Waals surface area (Å²) in [5, 5.41) is 0. The molecule has 3 fully saturated rings. The molecule has 70 valence electrons.